The van der Waals surface area contributed by atoms with Crippen molar-refractivity contribution in [3.8, 4) is 0 Å². The van der Waals surface area contributed by atoms with Gasteiger partial charge in [-0.3, -0.25) is 4.79 Å². The molecule has 2 aromatic carbocycles. The van der Waals surface area contributed by atoms with E-state index in [1.807, 2.05) is 48.5 Å². The molecule has 2 heteroatoms. The molecule has 0 bridgehead atoms. The Hall–Kier alpha value is -1.93. The number of Topliss-reactive ketones (excluding diaryl/α,β-unsaturated/α-hetero) is 1. The van der Waals surface area contributed by atoms with Gasteiger partial charge in [-0.1, -0.05) is 67.6 Å². The van der Waals surface area contributed by atoms with Gasteiger partial charge in [0.05, 0.1) is 6.10 Å². The second kappa shape index (κ2) is 5.61. The summed E-state index contributed by atoms with van der Waals surface area (Å²) >= 11 is 0. The highest BCUT2D eigenvalue weighted by molar-refractivity contribution is 5.98. The first-order chi connectivity index (χ1) is 8.70. The van der Waals surface area contributed by atoms with Gasteiger partial charge >= 0.3 is 0 Å². The van der Waals surface area contributed by atoms with E-state index in [0.717, 1.165) is 5.56 Å². The maximum Gasteiger partial charge on any atom is 0.168 e. The summed E-state index contributed by atoms with van der Waals surface area (Å²) in [6.07, 6.45) is -0.765. The third kappa shape index (κ3) is 2.66. The molecule has 0 fully saturated rings. The maximum atomic E-state index is 12.2. The Morgan fingerprint density at radius 2 is 1.44 bits per heavy atom. The van der Waals surface area contributed by atoms with Crippen molar-refractivity contribution in [2.45, 2.75) is 13.0 Å². The van der Waals surface area contributed by atoms with Crippen molar-refractivity contribution in [1.82, 2.24) is 0 Å². The molecule has 0 heterocycles. The molecule has 0 spiro atoms. The van der Waals surface area contributed by atoms with Crippen LogP contribution in [-0.4, -0.2) is 10.9 Å². The van der Waals surface area contributed by atoms with E-state index in [1.54, 1.807) is 19.1 Å². The molecule has 0 aliphatic rings. The highest BCUT2D eigenvalue weighted by Gasteiger charge is 2.24. The van der Waals surface area contributed by atoms with Gasteiger partial charge in [0.15, 0.2) is 5.78 Å². The Kier molecular flexibility index (Phi) is 3.90. The molecule has 0 radical (unpaired) electrons. The van der Waals surface area contributed by atoms with E-state index in [2.05, 4.69) is 0 Å². The zero-order chi connectivity index (χ0) is 13.0. The van der Waals surface area contributed by atoms with Crippen LogP contribution in [0.15, 0.2) is 60.7 Å². The lowest BCUT2D eigenvalue weighted by Gasteiger charge is -2.18. The number of benzene rings is 2. The molecule has 0 aliphatic carbocycles. The monoisotopic (exact) mass is 240 g/mol. The number of hydrogen-bond acceptors (Lipinski definition) is 2. The molecule has 2 aromatic rings. The molecule has 0 aromatic heterocycles. The second-order valence-corrected chi connectivity index (χ2v) is 4.37. The number of ketones is 1. The van der Waals surface area contributed by atoms with E-state index in [9.17, 15) is 9.90 Å². The molecule has 18 heavy (non-hydrogen) atoms. The fraction of sp³-hybridized carbons (Fsp3) is 0.188. The van der Waals surface area contributed by atoms with Crippen LogP contribution < -0.4 is 0 Å². The zero-order valence-electron chi connectivity index (χ0n) is 10.3. The van der Waals surface area contributed by atoms with Crippen LogP contribution in [-0.2, 0) is 0 Å². The van der Waals surface area contributed by atoms with E-state index in [-0.39, 0.29) is 5.78 Å². The summed E-state index contributed by atoms with van der Waals surface area (Å²) in [4.78, 5) is 12.2. The average molecular weight is 240 g/mol. The molecule has 0 saturated carbocycles. The van der Waals surface area contributed by atoms with Gasteiger partial charge in [0, 0.05) is 11.5 Å². The summed E-state index contributed by atoms with van der Waals surface area (Å²) in [6.45, 7) is 1.76. The van der Waals surface area contributed by atoms with E-state index < -0.39 is 12.0 Å². The minimum atomic E-state index is -0.765. The molecule has 0 aliphatic heterocycles. The van der Waals surface area contributed by atoms with Gasteiger partial charge in [0.2, 0.25) is 0 Å². The molecule has 2 atom stereocenters. The predicted octanol–water partition coefficient (Wildman–Crippen LogP) is 3.24. The van der Waals surface area contributed by atoms with Crippen molar-refractivity contribution in [2.75, 3.05) is 0 Å². The normalized spacial score (nSPS) is 13.9. The summed E-state index contributed by atoms with van der Waals surface area (Å²) in [7, 11) is 0. The Morgan fingerprint density at radius 1 is 0.944 bits per heavy atom. The molecule has 0 amide bonds. The number of rotatable bonds is 4. The first kappa shape index (κ1) is 12.5. The largest absolute Gasteiger partial charge is 0.388 e. The van der Waals surface area contributed by atoms with Crippen molar-refractivity contribution in [2.24, 2.45) is 5.92 Å². The van der Waals surface area contributed by atoms with E-state index in [0.29, 0.717) is 5.56 Å². The van der Waals surface area contributed by atoms with Crippen LogP contribution in [0.1, 0.15) is 28.9 Å². The lowest BCUT2D eigenvalue weighted by Crippen LogP contribution is -2.19. The predicted molar refractivity (Wildman–Crippen MR) is 71.3 cm³/mol. The molecular formula is C16H16O2. The summed E-state index contributed by atoms with van der Waals surface area (Å²) in [5.74, 6) is -0.484. The lowest BCUT2D eigenvalue weighted by molar-refractivity contribution is 0.0714. The summed E-state index contributed by atoms with van der Waals surface area (Å²) in [5, 5.41) is 10.2. The highest BCUT2D eigenvalue weighted by Crippen LogP contribution is 2.24. The van der Waals surface area contributed by atoms with Gasteiger partial charge in [0.25, 0.3) is 0 Å². The van der Waals surface area contributed by atoms with Crippen LogP contribution >= 0.6 is 0 Å². The minimum absolute atomic E-state index is 0.0352. The maximum absolute atomic E-state index is 12.2. The van der Waals surface area contributed by atoms with Crippen molar-refractivity contribution in [3.63, 3.8) is 0 Å². The third-order valence-electron chi connectivity index (χ3n) is 3.09. The molecule has 2 rings (SSSR count). The summed E-state index contributed by atoms with van der Waals surface area (Å²) in [6, 6.07) is 18.3. The van der Waals surface area contributed by atoms with Gasteiger partial charge in [-0.05, 0) is 5.56 Å². The number of aliphatic hydroxyl groups excluding tert-OH is 1. The molecule has 0 saturated heterocycles. The fourth-order valence-electron chi connectivity index (χ4n) is 1.95. The highest BCUT2D eigenvalue weighted by atomic mass is 16.3. The average Bonchev–Trinajstić information content (AvgIpc) is 2.47. The van der Waals surface area contributed by atoms with Crippen LogP contribution in [0.3, 0.4) is 0 Å². The van der Waals surface area contributed by atoms with Crippen molar-refractivity contribution in [3.05, 3.63) is 71.8 Å². The van der Waals surface area contributed by atoms with Crippen LogP contribution in [0.25, 0.3) is 0 Å². The topological polar surface area (TPSA) is 37.3 Å². The first-order valence-corrected chi connectivity index (χ1v) is 6.02. The third-order valence-corrected chi connectivity index (χ3v) is 3.09. The van der Waals surface area contributed by atoms with Gasteiger partial charge in [0.1, 0.15) is 0 Å². The number of aliphatic hydroxyl groups is 1. The Morgan fingerprint density at radius 3 is 2.00 bits per heavy atom. The van der Waals surface area contributed by atoms with Crippen LogP contribution in [0.2, 0.25) is 0 Å². The Labute approximate surface area is 107 Å². The molecule has 2 nitrogen and oxygen atoms in total. The van der Waals surface area contributed by atoms with Crippen LogP contribution in [0.4, 0.5) is 0 Å². The lowest BCUT2D eigenvalue weighted by atomic mass is 9.90. The summed E-state index contributed by atoms with van der Waals surface area (Å²) < 4.78 is 0. The Bertz CT molecular complexity index is 505. The van der Waals surface area contributed by atoms with Crippen molar-refractivity contribution in [1.29, 1.82) is 0 Å². The molecule has 2 unspecified atom stereocenters. The van der Waals surface area contributed by atoms with Gasteiger partial charge in [-0.2, -0.15) is 0 Å². The van der Waals surface area contributed by atoms with E-state index in [4.69, 9.17) is 0 Å². The molecular weight excluding hydrogens is 224 g/mol. The zero-order valence-corrected chi connectivity index (χ0v) is 10.3. The number of carbonyl (C=O) groups excluding carboxylic acids is 1. The number of hydrogen-bond donors (Lipinski definition) is 1. The first-order valence-electron chi connectivity index (χ1n) is 6.02. The SMILES string of the molecule is CC(C(=O)c1ccccc1)C(O)c1ccccc1. The summed E-state index contributed by atoms with van der Waals surface area (Å²) in [5.41, 5.74) is 1.41. The number of carbonyl (C=O) groups is 1. The van der Waals surface area contributed by atoms with E-state index in [1.165, 1.54) is 0 Å². The molecule has 1 N–H and O–H groups in total. The van der Waals surface area contributed by atoms with Gasteiger partial charge < -0.3 is 5.11 Å². The van der Waals surface area contributed by atoms with Gasteiger partial charge in [-0.15, -0.1) is 0 Å². The van der Waals surface area contributed by atoms with Crippen LogP contribution in [0.5, 0.6) is 0 Å². The quantitative estimate of drug-likeness (QED) is 0.833. The standard InChI is InChI=1S/C16H16O2/c1-12(15(17)13-8-4-2-5-9-13)16(18)14-10-6-3-7-11-14/h2-12,15,17H,1H3. The van der Waals surface area contributed by atoms with Crippen molar-refractivity contribution >= 4 is 5.78 Å². The Balaban J connectivity index is 2.17. The fourth-order valence-corrected chi connectivity index (χ4v) is 1.95. The minimum Gasteiger partial charge on any atom is -0.388 e. The van der Waals surface area contributed by atoms with Gasteiger partial charge in [-0.25, -0.2) is 0 Å². The van der Waals surface area contributed by atoms with Crippen molar-refractivity contribution < 1.29 is 9.90 Å². The van der Waals surface area contributed by atoms with E-state index >= 15 is 0 Å². The smallest absolute Gasteiger partial charge is 0.168 e. The van der Waals surface area contributed by atoms with Crippen LogP contribution in [0, 0.1) is 5.92 Å². The molecule has 92 valence electrons. The second-order valence-electron chi connectivity index (χ2n) is 4.37.